The number of piperidine rings is 1. The molecule has 1 aromatic rings. The predicted molar refractivity (Wildman–Crippen MR) is 98.8 cm³/mol. The van der Waals surface area contributed by atoms with Crippen LogP contribution in [0.5, 0.6) is 0 Å². The van der Waals surface area contributed by atoms with Gasteiger partial charge in [-0.3, -0.25) is 4.90 Å². The minimum Gasteiger partial charge on any atom is -0.303 e. The van der Waals surface area contributed by atoms with Gasteiger partial charge in [0.05, 0.1) is 0 Å². The van der Waals surface area contributed by atoms with Crippen molar-refractivity contribution in [2.45, 2.75) is 53.5 Å². The number of aryl methyl sites for hydroxylation is 1. The van der Waals surface area contributed by atoms with E-state index in [2.05, 4.69) is 40.5 Å². The third kappa shape index (κ3) is 5.00. The first-order valence-corrected chi connectivity index (χ1v) is 9.61. The Balaban J connectivity index is 1.43. The van der Waals surface area contributed by atoms with E-state index in [1.54, 1.807) is 0 Å². The van der Waals surface area contributed by atoms with Crippen molar-refractivity contribution in [2.75, 3.05) is 32.7 Å². The second-order valence-corrected chi connectivity index (χ2v) is 9.10. The number of aromatic nitrogens is 2. The van der Waals surface area contributed by atoms with Crippen LogP contribution in [0.15, 0.2) is 12.4 Å². The molecule has 0 N–H and O–H groups in total. The summed E-state index contributed by atoms with van der Waals surface area (Å²) in [5.41, 5.74) is 1.67. The zero-order valence-corrected chi connectivity index (χ0v) is 16.0. The van der Waals surface area contributed by atoms with Crippen LogP contribution >= 0.6 is 0 Å². The Morgan fingerprint density at radius 2 is 1.54 bits per heavy atom. The van der Waals surface area contributed by atoms with E-state index < -0.39 is 0 Å². The molecule has 0 amide bonds. The lowest BCUT2D eigenvalue weighted by molar-refractivity contribution is 0.137. The zero-order valence-electron chi connectivity index (χ0n) is 16.0. The van der Waals surface area contributed by atoms with Crippen LogP contribution < -0.4 is 0 Å². The first-order valence-electron chi connectivity index (χ1n) is 9.61. The van der Waals surface area contributed by atoms with Crippen LogP contribution in [0.4, 0.5) is 0 Å². The Morgan fingerprint density at radius 1 is 0.958 bits per heavy atom. The van der Waals surface area contributed by atoms with Gasteiger partial charge in [-0.05, 0) is 63.1 Å². The Morgan fingerprint density at radius 3 is 2.17 bits per heavy atom. The summed E-state index contributed by atoms with van der Waals surface area (Å²) >= 11 is 0. The highest BCUT2D eigenvalue weighted by molar-refractivity contribution is 5.04. The summed E-state index contributed by atoms with van der Waals surface area (Å²) in [6.07, 6.45) is 8.10. The standard InChI is InChI=1S/C20H34N4/c1-16-21-11-17(12-22-16)13-23-8-5-18(6-9-23)19-7-10-24(14-19)15-20(2,3)4/h11-12,18-19H,5-10,13-15H2,1-4H3. The normalized spacial score (nSPS) is 24.6. The molecule has 0 radical (unpaired) electrons. The third-order valence-electron chi connectivity index (χ3n) is 5.55. The molecule has 2 aliphatic heterocycles. The van der Waals surface area contributed by atoms with Crippen LogP contribution in [0.2, 0.25) is 0 Å². The Labute approximate surface area is 147 Å². The number of hydrogen-bond acceptors (Lipinski definition) is 4. The molecule has 0 bridgehead atoms. The van der Waals surface area contributed by atoms with E-state index in [4.69, 9.17) is 0 Å². The molecule has 0 spiro atoms. The molecule has 2 aliphatic rings. The molecule has 1 unspecified atom stereocenters. The van der Waals surface area contributed by atoms with Crippen molar-refractivity contribution in [1.29, 1.82) is 0 Å². The van der Waals surface area contributed by atoms with Crippen molar-refractivity contribution in [3.8, 4) is 0 Å². The minimum absolute atomic E-state index is 0.425. The van der Waals surface area contributed by atoms with E-state index in [0.717, 1.165) is 24.2 Å². The van der Waals surface area contributed by atoms with E-state index in [-0.39, 0.29) is 0 Å². The quantitative estimate of drug-likeness (QED) is 0.847. The van der Waals surface area contributed by atoms with E-state index >= 15 is 0 Å². The van der Waals surface area contributed by atoms with Crippen molar-refractivity contribution in [3.05, 3.63) is 23.8 Å². The summed E-state index contributed by atoms with van der Waals surface area (Å²) in [6, 6.07) is 0. The minimum atomic E-state index is 0.425. The Kier molecular flexibility index (Phi) is 5.56. The first-order chi connectivity index (χ1) is 11.4. The van der Waals surface area contributed by atoms with Gasteiger partial charge in [-0.1, -0.05) is 20.8 Å². The maximum Gasteiger partial charge on any atom is 0.125 e. The number of likely N-dealkylation sites (tertiary alicyclic amines) is 2. The number of hydrogen-bond donors (Lipinski definition) is 0. The molecule has 4 heteroatoms. The van der Waals surface area contributed by atoms with Crippen molar-refractivity contribution >= 4 is 0 Å². The second-order valence-electron chi connectivity index (χ2n) is 9.10. The Bertz CT molecular complexity index is 511. The van der Waals surface area contributed by atoms with Gasteiger partial charge in [-0.25, -0.2) is 9.97 Å². The van der Waals surface area contributed by atoms with Crippen molar-refractivity contribution < 1.29 is 0 Å². The van der Waals surface area contributed by atoms with Crippen LogP contribution in [0.25, 0.3) is 0 Å². The number of rotatable bonds is 4. The van der Waals surface area contributed by atoms with Crippen LogP contribution in [0.1, 0.15) is 51.4 Å². The van der Waals surface area contributed by atoms with Gasteiger partial charge in [0, 0.05) is 37.6 Å². The molecule has 4 nitrogen and oxygen atoms in total. The lowest BCUT2D eigenvalue weighted by Gasteiger charge is -2.35. The van der Waals surface area contributed by atoms with Gasteiger partial charge in [0.2, 0.25) is 0 Å². The molecule has 134 valence electrons. The van der Waals surface area contributed by atoms with Crippen LogP contribution in [0, 0.1) is 24.2 Å². The average Bonchev–Trinajstić information content (AvgIpc) is 2.97. The predicted octanol–water partition coefficient (Wildman–Crippen LogP) is 3.37. The highest BCUT2D eigenvalue weighted by Crippen LogP contribution is 2.33. The lowest BCUT2D eigenvalue weighted by Crippen LogP contribution is -2.37. The molecular weight excluding hydrogens is 296 g/mol. The number of nitrogens with zero attached hydrogens (tertiary/aromatic N) is 4. The average molecular weight is 331 g/mol. The molecule has 0 aromatic carbocycles. The monoisotopic (exact) mass is 330 g/mol. The van der Waals surface area contributed by atoms with E-state index in [0.29, 0.717) is 5.41 Å². The molecule has 2 saturated heterocycles. The summed E-state index contributed by atoms with van der Waals surface area (Å²) in [4.78, 5) is 13.9. The summed E-state index contributed by atoms with van der Waals surface area (Å²) < 4.78 is 0. The fourth-order valence-electron chi connectivity index (χ4n) is 4.40. The van der Waals surface area contributed by atoms with Gasteiger partial charge in [-0.15, -0.1) is 0 Å². The highest BCUT2D eigenvalue weighted by atomic mass is 15.2. The summed E-state index contributed by atoms with van der Waals surface area (Å²) in [6.45, 7) is 16.4. The summed E-state index contributed by atoms with van der Waals surface area (Å²) in [5, 5.41) is 0. The molecule has 3 rings (SSSR count). The zero-order chi connectivity index (χ0) is 17.2. The van der Waals surface area contributed by atoms with Gasteiger partial charge >= 0.3 is 0 Å². The molecule has 0 saturated carbocycles. The molecular formula is C20H34N4. The van der Waals surface area contributed by atoms with Crippen LogP contribution in [-0.4, -0.2) is 52.5 Å². The van der Waals surface area contributed by atoms with Crippen molar-refractivity contribution in [2.24, 2.45) is 17.3 Å². The molecule has 3 heterocycles. The summed E-state index contributed by atoms with van der Waals surface area (Å²) in [7, 11) is 0. The third-order valence-corrected chi connectivity index (χ3v) is 5.55. The Hall–Kier alpha value is -1.00. The largest absolute Gasteiger partial charge is 0.303 e. The SMILES string of the molecule is Cc1ncc(CN2CCC(C3CCN(CC(C)(C)C)C3)CC2)cn1. The van der Waals surface area contributed by atoms with Gasteiger partial charge in [0.15, 0.2) is 0 Å². The maximum atomic E-state index is 4.32. The van der Waals surface area contributed by atoms with Crippen LogP contribution in [0.3, 0.4) is 0 Å². The van der Waals surface area contributed by atoms with Gasteiger partial charge in [-0.2, -0.15) is 0 Å². The maximum absolute atomic E-state index is 4.32. The lowest BCUT2D eigenvalue weighted by atomic mass is 9.83. The second kappa shape index (κ2) is 7.49. The molecule has 0 aliphatic carbocycles. The first kappa shape index (κ1) is 17.8. The molecule has 2 fully saturated rings. The van der Waals surface area contributed by atoms with Gasteiger partial charge in [0.25, 0.3) is 0 Å². The van der Waals surface area contributed by atoms with Gasteiger partial charge < -0.3 is 4.90 Å². The topological polar surface area (TPSA) is 32.3 Å². The molecule has 24 heavy (non-hydrogen) atoms. The fraction of sp³-hybridized carbons (Fsp3) is 0.800. The summed E-state index contributed by atoms with van der Waals surface area (Å²) in [5.74, 6) is 2.72. The fourth-order valence-corrected chi connectivity index (χ4v) is 4.40. The van der Waals surface area contributed by atoms with Crippen molar-refractivity contribution in [1.82, 2.24) is 19.8 Å². The smallest absolute Gasteiger partial charge is 0.125 e. The highest BCUT2D eigenvalue weighted by Gasteiger charge is 2.33. The van der Waals surface area contributed by atoms with E-state index in [1.807, 2.05) is 19.3 Å². The van der Waals surface area contributed by atoms with Crippen molar-refractivity contribution in [3.63, 3.8) is 0 Å². The van der Waals surface area contributed by atoms with Crippen LogP contribution in [-0.2, 0) is 6.54 Å². The molecule has 1 aromatic heterocycles. The molecule has 1 atom stereocenters. The van der Waals surface area contributed by atoms with E-state index in [1.165, 1.54) is 57.5 Å². The van der Waals surface area contributed by atoms with Gasteiger partial charge in [0.1, 0.15) is 5.82 Å². The van der Waals surface area contributed by atoms with E-state index in [9.17, 15) is 0 Å².